The van der Waals surface area contributed by atoms with Crippen molar-refractivity contribution in [2.24, 2.45) is 17.8 Å². The van der Waals surface area contributed by atoms with E-state index >= 15 is 0 Å². The molecule has 2 N–H and O–H groups in total. The van der Waals surface area contributed by atoms with Crippen LogP contribution in [0.1, 0.15) is 72.1 Å². The number of hydrogen-bond acceptors (Lipinski definition) is 9. The van der Waals surface area contributed by atoms with E-state index in [0.29, 0.717) is 31.2 Å². The first kappa shape index (κ1) is 33.6. The van der Waals surface area contributed by atoms with Crippen LogP contribution in [0.25, 0.3) is 10.8 Å². The van der Waals surface area contributed by atoms with Crippen molar-refractivity contribution in [2.45, 2.75) is 94.6 Å². The summed E-state index contributed by atoms with van der Waals surface area (Å²) in [6.45, 7) is 7.39. The molecule has 7 rings (SSSR count). The monoisotopic (exact) mass is 693 g/mol. The SMILES string of the molecule is C[C@H]1CC/C=C\[C@@H]2C[C@@]2(C(=O)NS(=O)(=O)C2(C)CC2)NC(=O)[C@@H]2C[C@@H](Oc3nccc4c5c(ccc34)N(C)CCO5)CN2C(=O)C[C@H](C)C1. The predicted molar refractivity (Wildman–Crippen MR) is 185 cm³/mol. The van der Waals surface area contributed by atoms with Gasteiger partial charge in [0.2, 0.25) is 27.7 Å². The van der Waals surface area contributed by atoms with Crippen LogP contribution in [0.5, 0.6) is 11.6 Å². The highest BCUT2D eigenvalue weighted by Crippen LogP contribution is 2.48. The number of nitrogens with zero attached hydrogens (tertiary/aromatic N) is 3. The zero-order valence-corrected chi connectivity index (χ0v) is 29.6. The molecule has 4 heterocycles. The normalized spacial score (nSPS) is 32.0. The van der Waals surface area contributed by atoms with Crippen molar-refractivity contribution in [3.05, 3.63) is 36.5 Å². The number of hydrogen-bond donors (Lipinski definition) is 2. The van der Waals surface area contributed by atoms with Gasteiger partial charge in [-0.3, -0.25) is 19.1 Å². The lowest BCUT2D eigenvalue weighted by atomic mass is 9.91. The second-order valence-corrected chi connectivity index (χ2v) is 17.4. The van der Waals surface area contributed by atoms with Gasteiger partial charge in [0.25, 0.3) is 5.91 Å². The molecule has 0 radical (unpaired) electrons. The molecule has 1 saturated heterocycles. The lowest BCUT2D eigenvalue weighted by molar-refractivity contribution is -0.140. The van der Waals surface area contributed by atoms with Crippen molar-refractivity contribution in [1.82, 2.24) is 19.9 Å². The van der Waals surface area contributed by atoms with Gasteiger partial charge in [0.1, 0.15) is 24.3 Å². The Bertz CT molecular complexity index is 1810. The highest BCUT2D eigenvalue weighted by atomic mass is 32.2. The number of carbonyl (C=O) groups is 3. The van der Waals surface area contributed by atoms with E-state index in [2.05, 4.69) is 33.8 Å². The zero-order valence-electron chi connectivity index (χ0n) is 28.7. The minimum atomic E-state index is -3.92. The molecule has 6 atom stereocenters. The topological polar surface area (TPSA) is 147 Å². The Morgan fingerprint density at radius 2 is 1.92 bits per heavy atom. The third kappa shape index (κ3) is 6.34. The minimum Gasteiger partial charge on any atom is -0.489 e. The van der Waals surface area contributed by atoms with Crippen LogP contribution in [0.3, 0.4) is 0 Å². The molecule has 0 spiro atoms. The first-order chi connectivity index (χ1) is 23.3. The molecule has 1 aromatic heterocycles. The molecule has 12 nitrogen and oxygen atoms in total. The Morgan fingerprint density at radius 1 is 1.12 bits per heavy atom. The molecule has 2 aromatic rings. The lowest BCUT2D eigenvalue weighted by Crippen LogP contribution is -2.57. The number of pyridine rings is 1. The number of sulfonamides is 1. The van der Waals surface area contributed by atoms with Crippen LogP contribution >= 0.6 is 0 Å². The summed E-state index contributed by atoms with van der Waals surface area (Å²) in [6.07, 6.45) is 9.39. The molecule has 5 aliphatic rings. The van der Waals surface area contributed by atoms with Gasteiger partial charge in [0.15, 0.2) is 5.75 Å². The number of carbonyl (C=O) groups excluding carboxylic acids is 3. The second kappa shape index (κ2) is 12.5. The van der Waals surface area contributed by atoms with Crippen molar-refractivity contribution in [1.29, 1.82) is 0 Å². The maximum absolute atomic E-state index is 14.2. The maximum atomic E-state index is 14.2. The quantitative estimate of drug-likeness (QED) is 0.448. The van der Waals surface area contributed by atoms with Gasteiger partial charge in [-0.1, -0.05) is 26.0 Å². The number of likely N-dealkylation sites (N-methyl/N-ethyl adjacent to an activating group) is 1. The average molecular weight is 694 g/mol. The number of allylic oxidation sites excluding steroid dienone is 1. The molecule has 1 aromatic carbocycles. The van der Waals surface area contributed by atoms with Crippen molar-refractivity contribution in [3.63, 3.8) is 0 Å². The smallest absolute Gasteiger partial charge is 0.259 e. The van der Waals surface area contributed by atoms with Crippen LogP contribution < -0.4 is 24.4 Å². The van der Waals surface area contributed by atoms with Gasteiger partial charge in [-0.2, -0.15) is 0 Å². The Balaban J connectivity index is 1.17. The summed E-state index contributed by atoms with van der Waals surface area (Å²) in [5, 5.41) is 4.58. The molecule has 0 bridgehead atoms. The third-order valence-corrected chi connectivity index (χ3v) is 13.4. The number of amides is 3. The van der Waals surface area contributed by atoms with E-state index in [1.165, 1.54) is 0 Å². The van der Waals surface area contributed by atoms with Crippen LogP contribution in [0.2, 0.25) is 0 Å². The first-order valence-electron chi connectivity index (χ1n) is 17.6. The summed E-state index contributed by atoms with van der Waals surface area (Å²) in [5.41, 5.74) is -0.430. The molecule has 264 valence electrons. The summed E-state index contributed by atoms with van der Waals surface area (Å²) in [4.78, 5) is 50.1. The first-order valence-corrected chi connectivity index (χ1v) is 19.1. The van der Waals surface area contributed by atoms with Gasteiger partial charge in [-0.15, -0.1) is 0 Å². The molecule has 13 heteroatoms. The van der Waals surface area contributed by atoms with Crippen molar-refractivity contribution >= 4 is 44.2 Å². The molecule has 3 amide bonds. The second-order valence-electron chi connectivity index (χ2n) is 15.2. The number of ether oxygens (including phenoxy) is 2. The van der Waals surface area contributed by atoms with Crippen LogP contribution in [0.15, 0.2) is 36.5 Å². The summed E-state index contributed by atoms with van der Waals surface area (Å²) < 4.78 is 40.0. The molecule has 3 fully saturated rings. The Labute approximate surface area is 288 Å². The van der Waals surface area contributed by atoms with E-state index in [9.17, 15) is 22.8 Å². The zero-order chi connectivity index (χ0) is 34.7. The van der Waals surface area contributed by atoms with E-state index < -0.39 is 44.3 Å². The number of fused-ring (bicyclic) bond motifs is 5. The van der Waals surface area contributed by atoms with Crippen molar-refractivity contribution in [3.8, 4) is 11.6 Å². The number of rotatable bonds is 5. The lowest BCUT2D eigenvalue weighted by Gasteiger charge is -2.28. The molecule has 3 aliphatic heterocycles. The fourth-order valence-electron chi connectivity index (χ4n) is 7.72. The van der Waals surface area contributed by atoms with Gasteiger partial charge in [0.05, 0.1) is 23.5 Å². The Kier molecular flexibility index (Phi) is 8.56. The number of benzene rings is 1. The van der Waals surface area contributed by atoms with E-state index in [-0.39, 0.29) is 43.6 Å². The van der Waals surface area contributed by atoms with E-state index in [1.807, 2.05) is 37.4 Å². The van der Waals surface area contributed by atoms with Gasteiger partial charge in [-0.05, 0) is 75.5 Å². The third-order valence-electron chi connectivity index (χ3n) is 11.2. The number of nitrogens with one attached hydrogen (secondary N) is 2. The molecule has 0 unspecified atom stereocenters. The Hall–Kier alpha value is -3.87. The predicted octanol–water partition coefficient (Wildman–Crippen LogP) is 3.69. The summed E-state index contributed by atoms with van der Waals surface area (Å²) in [7, 11) is -1.90. The van der Waals surface area contributed by atoms with E-state index in [1.54, 1.807) is 18.0 Å². The average Bonchev–Trinajstić information content (AvgIpc) is 3.93. The molecule has 2 aliphatic carbocycles. The molecule has 49 heavy (non-hydrogen) atoms. The van der Waals surface area contributed by atoms with E-state index in [0.717, 1.165) is 48.0 Å². The highest BCUT2D eigenvalue weighted by Gasteiger charge is 2.63. The summed E-state index contributed by atoms with van der Waals surface area (Å²) >= 11 is 0. The van der Waals surface area contributed by atoms with Gasteiger partial charge in [0, 0.05) is 42.8 Å². The summed E-state index contributed by atoms with van der Waals surface area (Å²) in [6, 6.07) is 4.93. The Morgan fingerprint density at radius 3 is 2.69 bits per heavy atom. The fourth-order valence-corrected chi connectivity index (χ4v) is 9.03. The van der Waals surface area contributed by atoms with Crippen LogP contribution in [-0.2, 0) is 24.4 Å². The van der Waals surface area contributed by atoms with Crippen LogP contribution in [0.4, 0.5) is 5.69 Å². The van der Waals surface area contributed by atoms with Gasteiger partial charge >= 0.3 is 0 Å². The maximum Gasteiger partial charge on any atom is 0.259 e. The summed E-state index contributed by atoms with van der Waals surface area (Å²) in [5.74, 6) is -0.0717. The minimum absolute atomic E-state index is 0.115. The largest absolute Gasteiger partial charge is 0.489 e. The van der Waals surface area contributed by atoms with Crippen molar-refractivity contribution < 1.29 is 32.3 Å². The molecule has 2 saturated carbocycles. The van der Waals surface area contributed by atoms with Crippen molar-refractivity contribution in [2.75, 3.05) is 31.6 Å². The standard InChI is InChI=1S/C36H47N5O7S/c1-22-7-5-6-8-24-20-36(24,34(44)39-49(45,46)35(3)12-13-35)38-32(43)29-19-25(21-41(29)30(42)18-23(2)17-22)48-33-27-9-10-28-31(26(27)11-14-37-33)47-16-15-40(28)4/h6,8-11,14,22-25,29H,5,7,12-13,15-21H2,1-4H3,(H,38,43)(H,39,44)/b8-6-/t22-,23+,24+,25+,29-,36+/m0/s1. The van der Waals surface area contributed by atoms with Crippen LogP contribution in [0, 0.1) is 17.8 Å². The molecular weight excluding hydrogens is 646 g/mol. The van der Waals surface area contributed by atoms with Crippen LogP contribution in [-0.4, -0.2) is 85.2 Å². The number of anilines is 1. The van der Waals surface area contributed by atoms with Gasteiger partial charge in [-0.25, -0.2) is 13.4 Å². The van der Waals surface area contributed by atoms with E-state index in [4.69, 9.17) is 9.47 Å². The fraction of sp³-hybridized carbons (Fsp3) is 0.611. The number of aromatic nitrogens is 1. The molecular formula is C36H47N5O7S. The van der Waals surface area contributed by atoms with Gasteiger partial charge < -0.3 is 24.6 Å². The highest BCUT2D eigenvalue weighted by molar-refractivity contribution is 7.91.